The fourth-order valence-corrected chi connectivity index (χ4v) is 2.47. The van der Waals surface area contributed by atoms with Crippen molar-refractivity contribution < 1.29 is 0 Å². The van der Waals surface area contributed by atoms with Crippen molar-refractivity contribution in [1.29, 1.82) is 0 Å². The Labute approximate surface area is 119 Å². The van der Waals surface area contributed by atoms with Crippen LogP contribution in [0.2, 0.25) is 5.02 Å². The van der Waals surface area contributed by atoms with Crippen LogP contribution >= 0.6 is 11.6 Å². The molecule has 0 aliphatic carbocycles. The SMILES string of the molecule is CCN(c1ccccc1)c1ccc(Cl)cc1CCN. The highest BCUT2D eigenvalue weighted by molar-refractivity contribution is 6.30. The molecule has 2 rings (SSSR count). The van der Waals surface area contributed by atoms with Crippen molar-refractivity contribution in [2.24, 2.45) is 5.73 Å². The summed E-state index contributed by atoms with van der Waals surface area (Å²) in [5, 5.41) is 0.760. The molecular formula is C16H19ClN2. The van der Waals surface area contributed by atoms with Crippen molar-refractivity contribution in [1.82, 2.24) is 0 Å². The van der Waals surface area contributed by atoms with Crippen LogP contribution in [0.4, 0.5) is 11.4 Å². The third-order valence-corrected chi connectivity index (χ3v) is 3.37. The van der Waals surface area contributed by atoms with Crippen molar-refractivity contribution >= 4 is 23.0 Å². The fourth-order valence-electron chi connectivity index (χ4n) is 2.27. The number of halogens is 1. The van der Waals surface area contributed by atoms with Gasteiger partial charge in [-0.2, -0.15) is 0 Å². The van der Waals surface area contributed by atoms with Gasteiger partial charge in [-0.1, -0.05) is 29.8 Å². The van der Waals surface area contributed by atoms with Gasteiger partial charge in [0.25, 0.3) is 0 Å². The van der Waals surface area contributed by atoms with Gasteiger partial charge in [0, 0.05) is 22.9 Å². The number of hydrogen-bond donors (Lipinski definition) is 1. The predicted octanol–water partition coefficient (Wildman–Crippen LogP) is 4.00. The molecule has 2 nitrogen and oxygen atoms in total. The summed E-state index contributed by atoms with van der Waals surface area (Å²) in [5.74, 6) is 0. The van der Waals surface area contributed by atoms with E-state index in [1.807, 2.05) is 18.2 Å². The lowest BCUT2D eigenvalue weighted by Gasteiger charge is -2.26. The summed E-state index contributed by atoms with van der Waals surface area (Å²) in [6, 6.07) is 16.4. The van der Waals surface area contributed by atoms with Crippen LogP contribution < -0.4 is 10.6 Å². The molecule has 0 heterocycles. The first-order valence-corrected chi connectivity index (χ1v) is 6.95. The molecule has 100 valence electrons. The quantitative estimate of drug-likeness (QED) is 0.893. The maximum Gasteiger partial charge on any atom is 0.0444 e. The lowest BCUT2D eigenvalue weighted by atomic mass is 10.1. The lowest BCUT2D eigenvalue weighted by Crippen LogP contribution is -2.18. The minimum Gasteiger partial charge on any atom is -0.342 e. The molecule has 0 aliphatic heterocycles. The first-order chi connectivity index (χ1) is 9.26. The summed E-state index contributed by atoms with van der Waals surface area (Å²) in [7, 11) is 0. The summed E-state index contributed by atoms with van der Waals surface area (Å²) < 4.78 is 0. The number of nitrogens with zero attached hydrogens (tertiary/aromatic N) is 1. The van der Waals surface area contributed by atoms with Gasteiger partial charge in [-0.3, -0.25) is 0 Å². The van der Waals surface area contributed by atoms with Crippen molar-refractivity contribution in [3.05, 3.63) is 59.1 Å². The Morgan fingerprint density at radius 3 is 2.47 bits per heavy atom. The van der Waals surface area contributed by atoms with Gasteiger partial charge in [-0.15, -0.1) is 0 Å². The first kappa shape index (κ1) is 13.9. The van der Waals surface area contributed by atoms with Gasteiger partial charge in [0.2, 0.25) is 0 Å². The van der Waals surface area contributed by atoms with Crippen molar-refractivity contribution in [3.63, 3.8) is 0 Å². The average molecular weight is 275 g/mol. The van der Waals surface area contributed by atoms with E-state index in [-0.39, 0.29) is 0 Å². The fraction of sp³-hybridized carbons (Fsp3) is 0.250. The molecule has 3 heteroatoms. The Morgan fingerprint density at radius 2 is 1.84 bits per heavy atom. The molecular weight excluding hydrogens is 256 g/mol. The van der Waals surface area contributed by atoms with E-state index in [1.165, 1.54) is 16.9 Å². The van der Waals surface area contributed by atoms with Crippen LogP contribution in [-0.4, -0.2) is 13.1 Å². The number of benzene rings is 2. The highest BCUT2D eigenvalue weighted by Crippen LogP contribution is 2.30. The van der Waals surface area contributed by atoms with Crippen LogP contribution in [0, 0.1) is 0 Å². The zero-order chi connectivity index (χ0) is 13.7. The predicted molar refractivity (Wildman–Crippen MR) is 83.3 cm³/mol. The molecule has 0 aromatic heterocycles. The zero-order valence-electron chi connectivity index (χ0n) is 11.1. The molecule has 0 radical (unpaired) electrons. The van der Waals surface area contributed by atoms with Gasteiger partial charge in [-0.25, -0.2) is 0 Å². The minimum absolute atomic E-state index is 0.625. The summed E-state index contributed by atoms with van der Waals surface area (Å²) in [6.45, 7) is 3.68. The molecule has 2 aromatic carbocycles. The second-order valence-corrected chi connectivity index (χ2v) is 4.83. The summed E-state index contributed by atoms with van der Waals surface area (Å²) in [5.41, 5.74) is 9.26. The first-order valence-electron chi connectivity index (χ1n) is 6.57. The van der Waals surface area contributed by atoms with E-state index in [4.69, 9.17) is 17.3 Å². The number of hydrogen-bond acceptors (Lipinski definition) is 2. The van der Waals surface area contributed by atoms with Crippen LogP contribution in [0.5, 0.6) is 0 Å². The molecule has 0 unspecified atom stereocenters. The molecule has 2 aromatic rings. The molecule has 2 N–H and O–H groups in total. The van der Waals surface area contributed by atoms with Crippen LogP contribution in [0.1, 0.15) is 12.5 Å². The van der Waals surface area contributed by atoms with E-state index >= 15 is 0 Å². The summed E-state index contributed by atoms with van der Waals surface area (Å²) >= 11 is 6.09. The van der Waals surface area contributed by atoms with Crippen LogP contribution in [0.25, 0.3) is 0 Å². The largest absolute Gasteiger partial charge is 0.342 e. The summed E-state index contributed by atoms with van der Waals surface area (Å²) in [4.78, 5) is 2.28. The third-order valence-electron chi connectivity index (χ3n) is 3.13. The van der Waals surface area contributed by atoms with E-state index in [1.54, 1.807) is 0 Å². The molecule has 0 atom stereocenters. The van der Waals surface area contributed by atoms with Crippen LogP contribution in [-0.2, 0) is 6.42 Å². The van der Waals surface area contributed by atoms with Crippen LogP contribution in [0.3, 0.4) is 0 Å². The summed E-state index contributed by atoms with van der Waals surface area (Å²) in [6.07, 6.45) is 0.833. The van der Waals surface area contributed by atoms with Gasteiger partial charge >= 0.3 is 0 Å². The maximum absolute atomic E-state index is 6.09. The second kappa shape index (κ2) is 6.60. The number of nitrogens with two attached hydrogens (primary N) is 1. The van der Waals surface area contributed by atoms with Crippen molar-refractivity contribution in [3.8, 4) is 0 Å². The third kappa shape index (κ3) is 3.28. The standard InChI is InChI=1S/C16H19ClN2/c1-2-19(15-6-4-3-5-7-15)16-9-8-14(17)12-13(16)10-11-18/h3-9,12H,2,10-11,18H2,1H3. The van der Waals surface area contributed by atoms with Gasteiger partial charge in [0.05, 0.1) is 0 Å². The molecule has 0 saturated heterocycles. The van der Waals surface area contributed by atoms with Crippen LogP contribution in [0.15, 0.2) is 48.5 Å². The van der Waals surface area contributed by atoms with E-state index in [0.29, 0.717) is 6.54 Å². The lowest BCUT2D eigenvalue weighted by molar-refractivity contribution is 0.942. The molecule has 0 saturated carbocycles. The Balaban J connectivity index is 2.43. The van der Waals surface area contributed by atoms with Crippen molar-refractivity contribution in [2.75, 3.05) is 18.0 Å². The second-order valence-electron chi connectivity index (χ2n) is 4.39. The highest BCUT2D eigenvalue weighted by atomic mass is 35.5. The minimum atomic E-state index is 0.625. The average Bonchev–Trinajstić information content (AvgIpc) is 2.43. The van der Waals surface area contributed by atoms with Gasteiger partial charge < -0.3 is 10.6 Å². The molecule has 0 amide bonds. The number of anilines is 2. The normalized spacial score (nSPS) is 10.5. The Bertz CT molecular complexity index is 526. The topological polar surface area (TPSA) is 29.3 Å². The van der Waals surface area contributed by atoms with Gasteiger partial charge in [0.15, 0.2) is 0 Å². The molecule has 0 spiro atoms. The smallest absolute Gasteiger partial charge is 0.0444 e. The Kier molecular flexibility index (Phi) is 4.83. The zero-order valence-corrected chi connectivity index (χ0v) is 11.9. The number of para-hydroxylation sites is 1. The van der Waals surface area contributed by atoms with Crippen molar-refractivity contribution in [2.45, 2.75) is 13.3 Å². The molecule has 0 fully saturated rings. The van der Waals surface area contributed by atoms with Gasteiger partial charge in [0.1, 0.15) is 0 Å². The molecule has 0 aliphatic rings. The van der Waals surface area contributed by atoms with E-state index in [9.17, 15) is 0 Å². The van der Waals surface area contributed by atoms with E-state index in [0.717, 1.165) is 18.0 Å². The maximum atomic E-state index is 6.09. The Hall–Kier alpha value is -1.51. The monoisotopic (exact) mass is 274 g/mol. The van der Waals surface area contributed by atoms with E-state index in [2.05, 4.69) is 42.2 Å². The molecule has 0 bridgehead atoms. The Morgan fingerprint density at radius 1 is 1.11 bits per heavy atom. The highest BCUT2D eigenvalue weighted by Gasteiger charge is 2.11. The van der Waals surface area contributed by atoms with Gasteiger partial charge in [-0.05, 0) is 55.8 Å². The molecule has 19 heavy (non-hydrogen) atoms. The van der Waals surface area contributed by atoms with E-state index < -0.39 is 0 Å². The number of rotatable bonds is 5.